The minimum absolute atomic E-state index is 0.160. The summed E-state index contributed by atoms with van der Waals surface area (Å²) < 4.78 is 23.9. The fourth-order valence-electron chi connectivity index (χ4n) is 5.84. The first kappa shape index (κ1) is 22.3. The second-order valence-corrected chi connectivity index (χ2v) is 9.75. The van der Waals surface area contributed by atoms with Crippen LogP contribution in [0.5, 0.6) is 5.75 Å². The Balaban J connectivity index is 1.38. The molecule has 0 unspecified atom stereocenters. The third-order valence-electron chi connectivity index (χ3n) is 8.26. The van der Waals surface area contributed by atoms with Gasteiger partial charge in [0.25, 0.3) is 0 Å². The number of amides is 1. The first-order chi connectivity index (χ1) is 15.0. The van der Waals surface area contributed by atoms with Crippen LogP contribution in [0.3, 0.4) is 0 Å². The molecule has 0 atom stereocenters. The van der Waals surface area contributed by atoms with Gasteiger partial charge in [0.05, 0.1) is 6.33 Å². The maximum Gasteiger partial charge on any atom is 0.228 e. The van der Waals surface area contributed by atoms with Crippen molar-refractivity contribution in [3.05, 3.63) is 41.7 Å². The molecular formula is C26H36FNO3. The second-order valence-electron chi connectivity index (χ2n) is 9.75. The molecule has 1 aromatic carbocycles. The minimum atomic E-state index is -0.160. The Morgan fingerprint density at radius 3 is 2.29 bits per heavy atom. The predicted octanol–water partition coefficient (Wildman–Crippen LogP) is 5.56. The van der Waals surface area contributed by atoms with Crippen LogP contribution in [0.1, 0.15) is 70.3 Å². The third-order valence-corrected chi connectivity index (χ3v) is 8.26. The fraction of sp³-hybridized carbons (Fsp3) is 0.654. The smallest absolute Gasteiger partial charge is 0.228 e. The van der Waals surface area contributed by atoms with E-state index in [1.54, 1.807) is 0 Å². The van der Waals surface area contributed by atoms with E-state index in [9.17, 15) is 9.18 Å². The lowest BCUT2D eigenvalue weighted by Crippen LogP contribution is -2.54. The van der Waals surface area contributed by atoms with Crippen molar-refractivity contribution in [2.45, 2.75) is 76.2 Å². The number of benzene rings is 1. The van der Waals surface area contributed by atoms with E-state index in [1.165, 1.54) is 5.56 Å². The molecule has 0 N–H and O–H groups in total. The molecule has 1 aliphatic heterocycles. The third kappa shape index (κ3) is 4.39. The van der Waals surface area contributed by atoms with Crippen molar-refractivity contribution in [2.75, 3.05) is 26.9 Å². The first-order valence-electron chi connectivity index (χ1n) is 11.9. The number of ether oxygens (including phenoxy) is 2. The van der Waals surface area contributed by atoms with Gasteiger partial charge in [-0.05, 0) is 86.5 Å². The van der Waals surface area contributed by atoms with Crippen LogP contribution in [-0.4, -0.2) is 43.7 Å². The van der Waals surface area contributed by atoms with Gasteiger partial charge < -0.3 is 14.4 Å². The second kappa shape index (κ2) is 9.32. The van der Waals surface area contributed by atoms with Gasteiger partial charge in [0.15, 0.2) is 0 Å². The van der Waals surface area contributed by atoms with Crippen molar-refractivity contribution < 1.29 is 18.7 Å². The summed E-state index contributed by atoms with van der Waals surface area (Å²) in [5, 5.41) is 0. The van der Waals surface area contributed by atoms with E-state index in [0.29, 0.717) is 36.9 Å². The molecule has 5 rings (SSSR count). The molecule has 31 heavy (non-hydrogen) atoms. The highest BCUT2D eigenvalue weighted by molar-refractivity contribution is 5.83. The molecule has 0 radical (unpaired) electrons. The van der Waals surface area contributed by atoms with Crippen LogP contribution in [0.25, 0.3) is 0 Å². The van der Waals surface area contributed by atoms with Gasteiger partial charge in [0.2, 0.25) is 5.91 Å². The van der Waals surface area contributed by atoms with Gasteiger partial charge in [0.1, 0.15) is 12.4 Å². The van der Waals surface area contributed by atoms with Crippen LogP contribution < -0.4 is 4.74 Å². The lowest BCUT2D eigenvalue weighted by molar-refractivity contribution is -0.151. The predicted molar refractivity (Wildman–Crippen MR) is 120 cm³/mol. The number of nitrogens with zero attached hydrogens (tertiary/aromatic N) is 1. The summed E-state index contributed by atoms with van der Waals surface area (Å²) >= 11 is 0. The lowest BCUT2D eigenvalue weighted by Gasteiger charge is -2.54. The molecule has 1 aromatic rings. The average Bonchev–Trinajstić information content (AvgIpc) is 2.85. The number of fused-ring (bicyclic) bond motifs is 3. The zero-order valence-corrected chi connectivity index (χ0v) is 19.0. The Labute approximate surface area is 185 Å². The highest BCUT2D eigenvalue weighted by atomic mass is 19.1. The van der Waals surface area contributed by atoms with E-state index < -0.39 is 0 Å². The molecule has 0 spiro atoms. The van der Waals surface area contributed by atoms with Crippen LogP contribution in [-0.2, 0) is 14.9 Å². The quantitative estimate of drug-likeness (QED) is 0.570. The SMILES string of the molecule is CC/C(=C\F)COc1ccc(C23CCC(C(=O)N(C)C4CCOCC4)(CC2)CC3)cc1. The van der Waals surface area contributed by atoms with Crippen molar-refractivity contribution in [2.24, 2.45) is 5.41 Å². The highest BCUT2D eigenvalue weighted by Crippen LogP contribution is 2.58. The molecule has 4 nitrogen and oxygen atoms in total. The number of hydrogen-bond donors (Lipinski definition) is 0. The van der Waals surface area contributed by atoms with Crippen molar-refractivity contribution in [3.63, 3.8) is 0 Å². The van der Waals surface area contributed by atoms with Gasteiger partial charge >= 0.3 is 0 Å². The minimum Gasteiger partial charge on any atom is -0.489 e. The molecule has 170 valence electrons. The number of carbonyl (C=O) groups is 1. The normalized spacial score (nSPS) is 29.1. The van der Waals surface area contributed by atoms with Gasteiger partial charge in [-0.25, -0.2) is 4.39 Å². The number of halogens is 1. The Morgan fingerprint density at radius 1 is 1.13 bits per heavy atom. The molecule has 3 saturated carbocycles. The summed E-state index contributed by atoms with van der Waals surface area (Å²) in [6.45, 7) is 3.75. The van der Waals surface area contributed by atoms with E-state index >= 15 is 0 Å². The van der Waals surface area contributed by atoms with Crippen LogP contribution >= 0.6 is 0 Å². The van der Waals surface area contributed by atoms with Crippen LogP contribution in [0.2, 0.25) is 0 Å². The van der Waals surface area contributed by atoms with Crippen molar-refractivity contribution in [1.82, 2.24) is 4.90 Å². The van der Waals surface area contributed by atoms with Crippen LogP contribution in [0, 0.1) is 5.41 Å². The summed E-state index contributed by atoms with van der Waals surface area (Å²) in [7, 11) is 2.00. The molecule has 4 aliphatic rings. The number of carbonyl (C=O) groups excluding carboxylic acids is 1. The highest BCUT2D eigenvalue weighted by Gasteiger charge is 2.54. The van der Waals surface area contributed by atoms with Gasteiger partial charge in [-0.2, -0.15) is 0 Å². The topological polar surface area (TPSA) is 38.8 Å². The monoisotopic (exact) mass is 429 g/mol. The van der Waals surface area contributed by atoms with E-state index in [0.717, 1.165) is 70.3 Å². The van der Waals surface area contributed by atoms with Crippen molar-refractivity contribution in [1.29, 1.82) is 0 Å². The van der Waals surface area contributed by atoms with Crippen LogP contribution in [0.4, 0.5) is 4.39 Å². The van der Waals surface area contributed by atoms with Crippen molar-refractivity contribution >= 4 is 5.91 Å². The molecule has 5 heteroatoms. The number of hydrogen-bond acceptors (Lipinski definition) is 3. The average molecular weight is 430 g/mol. The van der Waals surface area contributed by atoms with Gasteiger partial charge in [-0.1, -0.05) is 19.1 Å². The van der Waals surface area contributed by atoms with E-state index in [-0.39, 0.29) is 10.8 Å². The molecule has 1 saturated heterocycles. The lowest BCUT2D eigenvalue weighted by atomic mass is 9.51. The van der Waals surface area contributed by atoms with E-state index in [4.69, 9.17) is 9.47 Å². The largest absolute Gasteiger partial charge is 0.489 e. The van der Waals surface area contributed by atoms with E-state index in [2.05, 4.69) is 12.1 Å². The molecule has 2 bridgehead atoms. The summed E-state index contributed by atoms with van der Waals surface area (Å²) in [5.41, 5.74) is 2.04. The zero-order valence-electron chi connectivity index (χ0n) is 19.0. The van der Waals surface area contributed by atoms with Gasteiger partial charge in [0, 0.05) is 31.7 Å². The van der Waals surface area contributed by atoms with Gasteiger partial charge in [-0.3, -0.25) is 4.79 Å². The van der Waals surface area contributed by atoms with Gasteiger partial charge in [-0.15, -0.1) is 0 Å². The maximum absolute atomic E-state index is 13.5. The molecule has 4 fully saturated rings. The summed E-state index contributed by atoms with van der Waals surface area (Å²) in [6, 6.07) is 8.70. The summed E-state index contributed by atoms with van der Waals surface area (Å²) in [6.07, 6.45) is 9.39. The Bertz CT molecular complexity index is 773. The molecule has 0 aromatic heterocycles. The van der Waals surface area contributed by atoms with Crippen molar-refractivity contribution in [3.8, 4) is 5.75 Å². The zero-order chi connectivity index (χ0) is 21.9. The number of rotatable bonds is 7. The maximum atomic E-state index is 13.5. The Hall–Kier alpha value is -1.88. The first-order valence-corrected chi connectivity index (χ1v) is 11.9. The molecule has 3 aliphatic carbocycles. The summed E-state index contributed by atoms with van der Waals surface area (Å²) in [4.78, 5) is 15.5. The van der Waals surface area contributed by atoms with Crippen LogP contribution in [0.15, 0.2) is 36.2 Å². The standard InChI is InChI=1S/C26H36FNO3/c1-3-20(18-27)19-31-23-6-4-21(5-7-23)25-10-13-26(14-11-25,15-12-25)24(29)28(2)22-8-16-30-17-9-22/h4-7,18,22H,3,8-17,19H2,1-2H3/b20-18+. The Morgan fingerprint density at radius 2 is 1.74 bits per heavy atom. The Kier molecular flexibility index (Phi) is 6.71. The molecular weight excluding hydrogens is 393 g/mol. The molecule has 1 heterocycles. The summed E-state index contributed by atoms with van der Waals surface area (Å²) in [5.74, 6) is 1.14. The fourth-order valence-corrected chi connectivity index (χ4v) is 5.84. The molecule has 1 amide bonds. The van der Waals surface area contributed by atoms with E-state index in [1.807, 2.05) is 31.0 Å².